The van der Waals surface area contributed by atoms with Crippen LogP contribution in [0.25, 0.3) is 32.8 Å². The molecule has 0 bridgehead atoms. The molecule has 0 saturated carbocycles. The first-order chi connectivity index (χ1) is 16.4. The van der Waals surface area contributed by atoms with Gasteiger partial charge in [-0.15, -0.1) is 0 Å². The summed E-state index contributed by atoms with van der Waals surface area (Å²) in [6.07, 6.45) is 1.36. The lowest BCUT2D eigenvalue weighted by atomic mass is 9.73. The van der Waals surface area contributed by atoms with Crippen LogP contribution in [0.5, 0.6) is 5.75 Å². The van der Waals surface area contributed by atoms with E-state index in [0.29, 0.717) is 27.4 Å². The zero-order valence-electron chi connectivity index (χ0n) is 18.5. The zero-order valence-corrected chi connectivity index (χ0v) is 20.0. The smallest absolute Gasteiger partial charge is 0.245 e. The molecule has 2 aliphatic heterocycles. The van der Waals surface area contributed by atoms with Crippen LogP contribution in [-0.2, 0) is 4.79 Å². The molecule has 2 aliphatic rings. The second-order valence-electron chi connectivity index (χ2n) is 9.08. The van der Waals surface area contributed by atoms with Gasteiger partial charge in [-0.1, -0.05) is 42.4 Å². The van der Waals surface area contributed by atoms with Crippen molar-refractivity contribution in [2.45, 2.75) is 0 Å². The minimum Gasteiger partial charge on any atom is -0.497 e. The number of fused-ring (bicyclic) bond motifs is 2. The number of carbonyl (C=O) groups excluding carboxylic acids is 1. The minimum absolute atomic E-state index is 0.0289. The third kappa shape index (κ3) is 3.11. The van der Waals surface area contributed by atoms with Gasteiger partial charge < -0.3 is 14.5 Å². The van der Waals surface area contributed by atoms with E-state index < -0.39 is 5.82 Å². The van der Waals surface area contributed by atoms with Crippen molar-refractivity contribution in [1.82, 2.24) is 9.27 Å². The Hall–Kier alpha value is -3.16. The highest BCUT2D eigenvalue weighted by atomic mass is 35.5. The molecule has 1 spiro atoms. The molecule has 0 atom stereocenters. The van der Waals surface area contributed by atoms with Crippen LogP contribution >= 0.6 is 23.1 Å². The van der Waals surface area contributed by atoms with Crippen LogP contribution in [0.15, 0.2) is 55.1 Å². The first-order valence-electron chi connectivity index (χ1n) is 10.9. The van der Waals surface area contributed by atoms with Gasteiger partial charge in [0, 0.05) is 42.5 Å². The van der Waals surface area contributed by atoms with Crippen molar-refractivity contribution in [3.8, 4) is 16.9 Å². The topological polar surface area (TPSA) is 45.7 Å². The van der Waals surface area contributed by atoms with Gasteiger partial charge in [-0.2, -0.15) is 4.37 Å². The predicted molar refractivity (Wildman–Crippen MR) is 136 cm³/mol. The van der Waals surface area contributed by atoms with Gasteiger partial charge in [-0.05, 0) is 52.1 Å². The summed E-state index contributed by atoms with van der Waals surface area (Å²) in [7, 11) is 1.59. The van der Waals surface area contributed by atoms with Crippen LogP contribution in [0.2, 0.25) is 5.02 Å². The lowest BCUT2D eigenvalue weighted by Crippen LogP contribution is -2.72. The maximum absolute atomic E-state index is 15.9. The Balaban J connectivity index is 1.37. The molecule has 0 N–H and O–H groups in total. The van der Waals surface area contributed by atoms with E-state index in [9.17, 15) is 4.79 Å². The lowest BCUT2D eigenvalue weighted by Gasteiger charge is -2.60. The molecule has 34 heavy (non-hydrogen) atoms. The molecule has 0 radical (unpaired) electrons. The van der Waals surface area contributed by atoms with Crippen LogP contribution in [0.3, 0.4) is 0 Å². The third-order valence-corrected chi connectivity index (χ3v) is 8.09. The fourth-order valence-corrected chi connectivity index (χ4v) is 6.39. The highest BCUT2D eigenvalue weighted by Crippen LogP contribution is 2.48. The maximum Gasteiger partial charge on any atom is 0.245 e. The number of hydrogen-bond donors (Lipinski definition) is 0. The Morgan fingerprint density at radius 1 is 1.21 bits per heavy atom. The van der Waals surface area contributed by atoms with Gasteiger partial charge >= 0.3 is 0 Å². The highest BCUT2D eigenvalue weighted by molar-refractivity contribution is 7.11. The van der Waals surface area contributed by atoms with Gasteiger partial charge in [0.2, 0.25) is 5.91 Å². The van der Waals surface area contributed by atoms with Gasteiger partial charge in [0.15, 0.2) is 5.82 Å². The molecule has 5 nitrogen and oxygen atoms in total. The van der Waals surface area contributed by atoms with E-state index >= 15 is 4.39 Å². The summed E-state index contributed by atoms with van der Waals surface area (Å²) < 4.78 is 25.9. The Morgan fingerprint density at radius 3 is 2.71 bits per heavy atom. The standard InChI is InChI=1S/C26H21ClFN3O2S/c1-3-21(32)30-11-26(12-30)13-31(14-26)25-19-10-20(27)22(23(28)24(19)29-34-25)18-9-16(33-2)8-15-6-4-5-7-17(15)18/h3-10H,1,11-14H2,2H3. The van der Waals surface area contributed by atoms with Crippen LogP contribution in [0.1, 0.15) is 0 Å². The van der Waals surface area contributed by atoms with E-state index in [1.807, 2.05) is 42.5 Å². The maximum atomic E-state index is 15.9. The molecule has 1 amide bonds. The van der Waals surface area contributed by atoms with E-state index in [2.05, 4.69) is 15.9 Å². The fourth-order valence-electron chi connectivity index (χ4n) is 5.24. The Bertz CT molecular complexity index is 1490. The van der Waals surface area contributed by atoms with Crippen molar-refractivity contribution in [3.63, 3.8) is 0 Å². The molecular formula is C26H21ClFN3O2S. The molecule has 0 aliphatic carbocycles. The van der Waals surface area contributed by atoms with E-state index in [0.717, 1.165) is 47.3 Å². The molecule has 2 fully saturated rings. The van der Waals surface area contributed by atoms with E-state index in [4.69, 9.17) is 16.3 Å². The summed E-state index contributed by atoms with van der Waals surface area (Å²) in [6, 6.07) is 13.3. The number of rotatable bonds is 4. The van der Waals surface area contributed by atoms with Crippen molar-refractivity contribution >= 4 is 55.7 Å². The summed E-state index contributed by atoms with van der Waals surface area (Å²) in [5.74, 6) is 0.183. The predicted octanol–water partition coefficient (Wildman–Crippen LogP) is 5.75. The number of amides is 1. The van der Waals surface area contributed by atoms with Crippen molar-refractivity contribution in [3.05, 3.63) is 66.0 Å². The van der Waals surface area contributed by atoms with Gasteiger partial charge in [-0.25, -0.2) is 4.39 Å². The number of aromatic nitrogens is 1. The van der Waals surface area contributed by atoms with Crippen molar-refractivity contribution in [1.29, 1.82) is 0 Å². The summed E-state index contributed by atoms with van der Waals surface area (Å²) in [6.45, 7) is 6.64. The molecule has 3 heterocycles. The highest BCUT2D eigenvalue weighted by Gasteiger charge is 2.53. The summed E-state index contributed by atoms with van der Waals surface area (Å²) in [5.41, 5.74) is 1.44. The van der Waals surface area contributed by atoms with Gasteiger partial charge in [-0.3, -0.25) is 4.79 Å². The lowest BCUT2D eigenvalue weighted by molar-refractivity contribution is -0.139. The normalized spacial score (nSPS) is 16.6. The van der Waals surface area contributed by atoms with Crippen LogP contribution in [-0.4, -0.2) is 48.5 Å². The first kappa shape index (κ1) is 21.4. The second-order valence-corrected chi connectivity index (χ2v) is 10.2. The molecule has 0 unspecified atom stereocenters. The monoisotopic (exact) mass is 493 g/mol. The number of nitrogens with zero attached hydrogens (tertiary/aromatic N) is 3. The average molecular weight is 494 g/mol. The molecule has 8 heteroatoms. The molecule has 172 valence electrons. The first-order valence-corrected chi connectivity index (χ1v) is 12.1. The number of anilines is 1. The SMILES string of the molecule is C=CC(=O)N1CC2(C1)CN(c1snc3c(F)c(-c4cc(OC)cc5ccccc45)c(Cl)cc13)C2. The third-order valence-electron chi connectivity index (χ3n) is 6.87. The number of likely N-dealkylation sites (tertiary alicyclic amines) is 1. The minimum atomic E-state index is -0.426. The van der Waals surface area contributed by atoms with Crippen molar-refractivity contribution in [2.24, 2.45) is 5.41 Å². The molecule has 6 rings (SSSR count). The van der Waals surface area contributed by atoms with E-state index in [1.165, 1.54) is 17.6 Å². The molecule has 4 aromatic rings. The van der Waals surface area contributed by atoms with Crippen molar-refractivity contribution < 1.29 is 13.9 Å². The molecular weight excluding hydrogens is 473 g/mol. The van der Waals surface area contributed by atoms with Crippen LogP contribution in [0, 0.1) is 11.2 Å². The Labute approximate surface area is 205 Å². The van der Waals surface area contributed by atoms with Crippen molar-refractivity contribution in [2.75, 3.05) is 38.2 Å². The Kier molecular flexibility index (Phi) is 4.83. The summed E-state index contributed by atoms with van der Waals surface area (Å²) in [4.78, 5) is 15.8. The molecule has 2 saturated heterocycles. The van der Waals surface area contributed by atoms with Gasteiger partial charge in [0.25, 0.3) is 0 Å². The second kappa shape index (κ2) is 7.68. The fraction of sp³-hybridized carbons (Fsp3) is 0.231. The quantitative estimate of drug-likeness (QED) is 0.339. The van der Waals surface area contributed by atoms with Gasteiger partial charge in [0.05, 0.1) is 12.1 Å². The van der Waals surface area contributed by atoms with E-state index in [1.54, 1.807) is 12.0 Å². The number of benzene rings is 3. The number of hydrogen-bond acceptors (Lipinski definition) is 5. The summed E-state index contributed by atoms with van der Waals surface area (Å²) >= 11 is 8.01. The Morgan fingerprint density at radius 2 is 1.97 bits per heavy atom. The molecule has 3 aromatic carbocycles. The van der Waals surface area contributed by atoms with Crippen LogP contribution < -0.4 is 9.64 Å². The zero-order chi connectivity index (χ0) is 23.6. The van der Waals surface area contributed by atoms with E-state index in [-0.39, 0.29) is 11.3 Å². The number of ether oxygens (including phenoxy) is 1. The average Bonchev–Trinajstić information content (AvgIpc) is 3.20. The number of methoxy groups -OCH3 is 1. The summed E-state index contributed by atoms with van der Waals surface area (Å²) in [5, 5.41) is 3.81. The molecule has 1 aromatic heterocycles. The van der Waals surface area contributed by atoms with Crippen LogP contribution in [0.4, 0.5) is 9.39 Å². The van der Waals surface area contributed by atoms with Gasteiger partial charge in [0.1, 0.15) is 16.3 Å². The number of carbonyl (C=O) groups is 1. The number of halogens is 2. The largest absolute Gasteiger partial charge is 0.497 e.